The minimum absolute atomic E-state index is 0.0868. The first-order chi connectivity index (χ1) is 12.1. The average molecular weight is 396 g/mol. The number of ketones is 1. The second-order valence-corrected chi connectivity index (χ2v) is 7.84. The molecule has 4 aliphatic rings. The minimum atomic E-state index is -0.558. The van der Waals surface area contributed by atoms with Gasteiger partial charge in [-0.25, -0.2) is 0 Å². The van der Waals surface area contributed by atoms with Crippen LogP contribution in [0.5, 0.6) is 0 Å². The van der Waals surface area contributed by atoms with E-state index < -0.39 is 17.8 Å². The number of fused-ring (bicyclic) bond motifs is 1. The number of carbonyl (C=O) groups excluding carboxylic acids is 3. The van der Waals surface area contributed by atoms with Crippen molar-refractivity contribution < 1.29 is 14.4 Å². The summed E-state index contributed by atoms with van der Waals surface area (Å²) in [4.78, 5) is 40.1. The van der Waals surface area contributed by atoms with Crippen molar-refractivity contribution in [3.05, 3.63) is 64.1 Å². The lowest BCUT2D eigenvalue weighted by molar-refractivity contribution is -0.134. The van der Waals surface area contributed by atoms with E-state index in [1.54, 1.807) is 12.1 Å². The van der Waals surface area contributed by atoms with Gasteiger partial charge in [-0.15, -0.1) is 0 Å². The van der Waals surface area contributed by atoms with Crippen LogP contribution in [0.1, 0.15) is 29.4 Å². The first-order valence-corrected chi connectivity index (χ1v) is 9.12. The molecule has 25 heavy (non-hydrogen) atoms. The van der Waals surface area contributed by atoms with Crippen LogP contribution in [0.25, 0.3) is 0 Å². The minimum Gasteiger partial charge on any atom is -0.299 e. The van der Waals surface area contributed by atoms with Crippen LogP contribution in [-0.4, -0.2) is 17.6 Å². The van der Waals surface area contributed by atoms with Crippen LogP contribution < -0.4 is 4.90 Å². The van der Waals surface area contributed by atoms with Crippen molar-refractivity contribution in [1.82, 2.24) is 0 Å². The first kappa shape index (κ1) is 15.0. The van der Waals surface area contributed by atoms with Gasteiger partial charge in [-0.05, 0) is 35.4 Å². The van der Waals surface area contributed by atoms with Crippen LogP contribution in [0.3, 0.4) is 0 Å². The summed E-state index contributed by atoms with van der Waals surface area (Å²) in [6.45, 7) is 0. The second-order valence-electron chi connectivity index (χ2n) is 6.92. The summed E-state index contributed by atoms with van der Waals surface area (Å²) < 4.78 is 0.885. The lowest BCUT2D eigenvalue weighted by Crippen LogP contribution is -2.44. The van der Waals surface area contributed by atoms with Crippen LogP contribution in [0.4, 0.5) is 5.69 Å². The number of benzene rings is 2. The summed E-state index contributed by atoms with van der Waals surface area (Å²) in [7, 11) is 0. The highest BCUT2D eigenvalue weighted by molar-refractivity contribution is 9.10. The molecule has 1 saturated carbocycles. The van der Waals surface area contributed by atoms with E-state index in [1.165, 1.54) is 4.90 Å². The summed E-state index contributed by atoms with van der Waals surface area (Å²) >= 11 is 3.37. The van der Waals surface area contributed by atoms with Gasteiger partial charge in [0.05, 0.1) is 23.4 Å². The number of hydrogen-bond donors (Lipinski definition) is 0. The summed E-state index contributed by atoms with van der Waals surface area (Å²) in [6, 6.07) is 14.9. The van der Waals surface area contributed by atoms with Crippen molar-refractivity contribution in [3.63, 3.8) is 0 Å². The van der Waals surface area contributed by atoms with Gasteiger partial charge in [-0.1, -0.05) is 40.2 Å². The van der Waals surface area contributed by atoms with E-state index in [4.69, 9.17) is 0 Å². The molecule has 2 bridgehead atoms. The largest absolute Gasteiger partial charge is 0.299 e. The van der Waals surface area contributed by atoms with E-state index in [0.29, 0.717) is 12.1 Å². The Bertz CT molecular complexity index is 936. The molecule has 1 saturated heterocycles. The zero-order chi connectivity index (χ0) is 17.3. The monoisotopic (exact) mass is 395 g/mol. The van der Waals surface area contributed by atoms with E-state index >= 15 is 0 Å². The molecule has 5 heteroatoms. The third kappa shape index (κ3) is 1.90. The van der Waals surface area contributed by atoms with E-state index in [2.05, 4.69) is 15.9 Å². The quantitative estimate of drug-likeness (QED) is 0.695. The van der Waals surface area contributed by atoms with Crippen molar-refractivity contribution in [3.8, 4) is 0 Å². The highest BCUT2D eigenvalue weighted by Crippen LogP contribution is 2.57. The molecule has 2 fully saturated rings. The van der Waals surface area contributed by atoms with Crippen LogP contribution in [0.2, 0.25) is 0 Å². The fourth-order valence-corrected chi connectivity index (χ4v) is 5.07. The van der Waals surface area contributed by atoms with Crippen molar-refractivity contribution in [2.75, 3.05) is 4.90 Å². The Kier molecular flexibility index (Phi) is 3.07. The summed E-state index contributed by atoms with van der Waals surface area (Å²) in [5.41, 5.74) is 2.57. The van der Waals surface area contributed by atoms with E-state index in [0.717, 1.165) is 15.6 Å². The highest BCUT2D eigenvalue weighted by atomic mass is 79.9. The average Bonchev–Trinajstić information content (AvgIpc) is 2.88. The Labute approximate surface area is 153 Å². The fourth-order valence-electron chi connectivity index (χ4n) is 4.80. The fraction of sp³-hybridized carbons (Fsp3) is 0.250. The lowest BCUT2D eigenvalue weighted by atomic mass is 9.56. The first-order valence-electron chi connectivity index (χ1n) is 8.33. The SMILES string of the molecule is O=C1C[C@H]2c3ccccc3[C@H]1[C@@H]1C(=O)N(c3ccc(Br)cc3)C(=O)[C@@H]12. The van der Waals surface area contributed by atoms with Crippen LogP contribution in [0, 0.1) is 11.8 Å². The van der Waals surface area contributed by atoms with Gasteiger partial charge in [-0.2, -0.15) is 0 Å². The molecule has 2 aromatic rings. The number of rotatable bonds is 1. The van der Waals surface area contributed by atoms with E-state index in [-0.39, 0.29) is 23.5 Å². The molecule has 0 spiro atoms. The Morgan fingerprint density at radius 1 is 0.840 bits per heavy atom. The molecular formula is C20H14BrNO3. The van der Waals surface area contributed by atoms with Gasteiger partial charge in [0.15, 0.2) is 0 Å². The number of amides is 2. The number of Topliss-reactive ketones (excluding diaryl/α,β-unsaturated/α-hetero) is 1. The third-order valence-corrected chi connectivity index (χ3v) is 6.30. The molecule has 6 rings (SSSR count). The number of hydrogen-bond acceptors (Lipinski definition) is 3. The van der Waals surface area contributed by atoms with Crippen molar-refractivity contribution in [2.24, 2.45) is 11.8 Å². The van der Waals surface area contributed by atoms with Gasteiger partial charge in [0.1, 0.15) is 5.78 Å². The van der Waals surface area contributed by atoms with Gasteiger partial charge in [-0.3, -0.25) is 19.3 Å². The molecule has 1 aliphatic heterocycles. The van der Waals surface area contributed by atoms with Crippen LogP contribution in [0.15, 0.2) is 53.0 Å². The third-order valence-electron chi connectivity index (χ3n) is 5.77. The Balaban J connectivity index is 1.65. The number of halogens is 1. The van der Waals surface area contributed by atoms with Gasteiger partial charge in [0.25, 0.3) is 0 Å². The van der Waals surface area contributed by atoms with Crippen molar-refractivity contribution >= 4 is 39.2 Å². The zero-order valence-electron chi connectivity index (χ0n) is 13.2. The molecule has 0 N–H and O–H groups in total. The Morgan fingerprint density at radius 2 is 1.48 bits per heavy atom. The molecule has 3 aliphatic carbocycles. The highest BCUT2D eigenvalue weighted by Gasteiger charge is 2.62. The van der Waals surface area contributed by atoms with E-state index in [9.17, 15) is 14.4 Å². The van der Waals surface area contributed by atoms with Crippen molar-refractivity contribution in [2.45, 2.75) is 18.3 Å². The molecule has 124 valence electrons. The molecule has 4 atom stereocenters. The molecule has 0 unspecified atom stereocenters. The molecule has 0 radical (unpaired) electrons. The molecule has 4 nitrogen and oxygen atoms in total. The predicted molar refractivity (Wildman–Crippen MR) is 95.2 cm³/mol. The zero-order valence-corrected chi connectivity index (χ0v) is 14.8. The summed E-state index contributed by atoms with van der Waals surface area (Å²) in [5.74, 6) is -1.97. The maximum Gasteiger partial charge on any atom is 0.238 e. The maximum atomic E-state index is 13.1. The van der Waals surface area contributed by atoms with Gasteiger partial charge < -0.3 is 0 Å². The smallest absolute Gasteiger partial charge is 0.238 e. The Morgan fingerprint density at radius 3 is 2.20 bits per heavy atom. The summed E-state index contributed by atoms with van der Waals surface area (Å²) in [5, 5.41) is 0. The number of nitrogens with zero attached hydrogens (tertiary/aromatic N) is 1. The molecule has 2 aromatic carbocycles. The number of carbonyl (C=O) groups is 3. The topological polar surface area (TPSA) is 54.5 Å². The van der Waals surface area contributed by atoms with Crippen LogP contribution >= 0.6 is 15.9 Å². The summed E-state index contributed by atoms with van der Waals surface area (Å²) in [6.07, 6.45) is 0.357. The molecule has 1 heterocycles. The van der Waals surface area contributed by atoms with Gasteiger partial charge >= 0.3 is 0 Å². The molecule has 2 amide bonds. The van der Waals surface area contributed by atoms with Gasteiger partial charge in [0.2, 0.25) is 11.8 Å². The van der Waals surface area contributed by atoms with Gasteiger partial charge in [0, 0.05) is 16.8 Å². The molecular weight excluding hydrogens is 382 g/mol. The second kappa shape index (κ2) is 5.11. The van der Waals surface area contributed by atoms with Crippen LogP contribution in [-0.2, 0) is 14.4 Å². The molecule has 0 aromatic heterocycles. The number of imide groups is 1. The maximum absolute atomic E-state index is 13.1. The van der Waals surface area contributed by atoms with E-state index in [1.807, 2.05) is 36.4 Å². The Hall–Kier alpha value is -2.27. The predicted octanol–water partition coefficient (Wildman–Crippen LogP) is 3.41. The normalized spacial score (nSPS) is 29.8. The van der Waals surface area contributed by atoms with Crippen molar-refractivity contribution in [1.29, 1.82) is 0 Å². The standard InChI is InChI=1S/C20H14BrNO3/c21-10-5-7-11(8-6-10)22-19(24)17-14-9-15(23)16(18(17)20(22)25)13-4-2-1-3-12(13)14/h1-8,14,16-18H,9H2/t14-,16+,17+,18-/m0/s1. The number of anilines is 1. The lowest BCUT2D eigenvalue weighted by Gasteiger charge is -2.43.